The highest BCUT2D eigenvalue weighted by Gasteiger charge is 2.01. The van der Waals surface area contributed by atoms with Crippen molar-refractivity contribution in [2.24, 2.45) is 5.73 Å². The van der Waals surface area contributed by atoms with Gasteiger partial charge < -0.3 is 15.8 Å². The lowest BCUT2D eigenvalue weighted by Crippen LogP contribution is -2.17. The molecule has 0 spiro atoms. The maximum absolute atomic E-state index is 11.1. The largest absolute Gasteiger partial charge is 0.389 e. The van der Waals surface area contributed by atoms with Gasteiger partial charge in [-0.2, -0.15) is 0 Å². The first-order chi connectivity index (χ1) is 7.13. The molecule has 1 aromatic rings. The zero-order valence-electron chi connectivity index (χ0n) is 8.32. The fourth-order valence-corrected chi connectivity index (χ4v) is 1.18. The van der Waals surface area contributed by atoms with Crippen LogP contribution in [-0.4, -0.2) is 24.6 Å². The molecular weight excluding hydrogens is 212 g/mol. The minimum absolute atomic E-state index is 0.0387. The van der Waals surface area contributed by atoms with Gasteiger partial charge in [-0.05, 0) is 24.3 Å². The highest BCUT2D eigenvalue weighted by atomic mass is 32.1. The van der Waals surface area contributed by atoms with Crippen LogP contribution in [0.3, 0.4) is 0 Å². The summed E-state index contributed by atoms with van der Waals surface area (Å²) in [6, 6.07) is 6.99. The van der Waals surface area contributed by atoms with Crippen LogP contribution in [-0.2, 0) is 9.53 Å². The molecule has 0 saturated carbocycles. The Balaban J connectivity index is 2.64. The first kappa shape index (κ1) is 11.6. The summed E-state index contributed by atoms with van der Waals surface area (Å²) in [5.41, 5.74) is 6.90. The average molecular weight is 224 g/mol. The van der Waals surface area contributed by atoms with E-state index in [1.807, 2.05) is 0 Å². The summed E-state index contributed by atoms with van der Waals surface area (Å²) in [4.78, 5) is 11.5. The monoisotopic (exact) mass is 224 g/mol. The lowest BCUT2D eigenvalue weighted by Gasteiger charge is -2.05. The number of benzene rings is 1. The van der Waals surface area contributed by atoms with E-state index in [2.05, 4.69) is 10.1 Å². The molecule has 5 heteroatoms. The summed E-state index contributed by atoms with van der Waals surface area (Å²) in [5, 5.41) is 2.66. The standard InChI is InChI=1S/C10H12N2O2S/c1-14-6-9(13)12-8-4-2-7(3-5-8)10(11)15/h2-5H,6H2,1H3,(H2,11,15)(H,12,13). The summed E-state index contributed by atoms with van der Waals surface area (Å²) in [7, 11) is 1.47. The molecule has 0 aliphatic rings. The fourth-order valence-electron chi connectivity index (χ4n) is 1.05. The zero-order valence-corrected chi connectivity index (χ0v) is 9.14. The first-order valence-corrected chi connectivity index (χ1v) is 4.73. The quantitative estimate of drug-likeness (QED) is 0.746. The second-order valence-corrected chi connectivity index (χ2v) is 3.36. The average Bonchev–Trinajstić information content (AvgIpc) is 2.18. The van der Waals surface area contributed by atoms with Crippen molar-refractivity contribution in [1.29, 1.82) is 0 Å². The minimum Gasteiger partial charge on any atom is -0.389 e. The minimum atomic E-state index is -0.194. The smallest absolute Gasteiger partial charge is 0.250 e. The Kier molecular flexibility index (Phi) is 4.20. The molecule has 0 aliphatic heterocycles. The number of thiocarbonyl (C=S) groups is 1. The predicted octanol–water partition coefficient (Wildman–Crippen LogP) is 0.906. The molecule has 0 aliphatic carbocycles. The van der Waals surface area contributed by atoms with Gasteiger partial charge in [0.05, 0.1) is 0 Å². The Hall–Kier alpha value is -1.46. The highest BCUT2D eigenvalue weighted by molar-refractivity contribution is 7.80. The van der Waals surface area contributed by atoms with Crippen LogP contribution in [0.25, 0.3) is 0 Å². The molecule has 4 nitrogen and oxygen atoms in total. The maximum atomic E-state index is 11.1. The number of nitrogens with one attached hydrogen (secondary N) is 1. The number of rotatable bonds is 4. The Morgan fingerprint density at radius 1 is 1.47 bits per heavy atom. The van der Waals surface area contributed by atoms with Crippen LogP contribution < -0.4 is 11.1 Å². The third-order valence-electron chi connectivity index (χ3n) is 1.73. The number of hydrogen-bond acceptors (Lipinski definition) is 3. The number of carbonyl (C=O) groups excluding carboxylic acids is 1. The number of ether oxygens (including phenoxy) is 1. The zero-order chi connectivity index (χ0) is 11.3. The molecule has 0 unspecified atom stereocenters. The summed E-state index contributed by atoms with van der Waals surface area (Å²) < 4.78 is 4.68. The number of amides is 1. The number of nitrogens with two attached hydrogens (primary N) is 1. The third kappa shape index (κ3) is 3.65. The van der Waals surface area contributed by atoms with E-state index in [0.717, 1.165) is 5.56 Å². The molecule has 0 atom stereocenters. The van der Waals surface area contributed by atoms with Gasteiger partial charge in [-0.25, -0.2) is 0 Å². The summed E-state index contributed by atoms with van der Waals surface area (Å²) in [6.45, 7) is 0.0387. The molecule has 0 radical (unpaired) electrons. The molecule has 1 aromatic carbocycles. The van der Waals surface area contributed by atoms with Crippen LogP contribution in [0.1, 0.15) is 5.56 Å². The lowest BCUT2D eigenvalue weighted by atomic mass is 10.2. The molecule has 0 fully saturated rings. The first-order valence-electron chi connectivity index (χ1n) is 4.32. The molecule has 0 aromatic heterocycles. The van der Waals surface area contributed by atoms with Gasteiger partial charge in [-0.1, -0.05) is 12.2 Å². The van der Waals surface area contributed by atoms with E-state index in [-0.39, 0.29) is 12.5 Å². The molecule has 15 heavy (non-hydrogen) atoms. The number of methoxy groups -OCH3 is 1. The van der Waals surface area contributed by atoms with Crippen LogP contribution in [0, 0.1) is 0 Å². The van der Waals surface area contributed by atoms with Gasteiger partial charge in [0.15, 0.2) is 0 Å². The normalized spacial score (nSPS) is 9.67. The molecule has 1 amide bonds. The van der Waals surface area contributed by atoms with Crippen molar-refractivity contribution in [1.82, 2.24) is 0 Å². The van der Waals surface area contributed by atoms with E-state index in [9.17, 15) is 4.79 Å². The SMILES string of the molecule is COCC(=O)Nc1ccc(C(N)=S)cc1. The predicted molar refractivity (Wildman–Crippen MR) is 62.8 cm³/mol. The molecule has 80 valence electrons. The van der Waals surface area contributed by atoms with Crippen LogP contribution in [0.15, 0.2) is 24.3 Å². The number of carbonyl (C=O) groups is 1. The van der Waals surface area contributed by atoms with E-state index in [1.54, 1.807) is 24.3 Å². The Labute approximate surface area is 93.4 Å². The third-order valence-corrected chi connectivity index (χ3v) is 1.96. The van der Waals surface area contributed by atoms with Crippen LogP contribution in [0.2, 0.25) is 0 Å². The van der Waals surface area contributed by atoms with Crippen LogP contribution in [0.4, 0.5) is 5.69 Å². The van der Waals surface area contributed by atoms with Gasteiger partial charge in [-0.15, -0.1) is 0 Å². The molecule has 0 saturated heterocycles. The van der Waals surface area contributed by atoms with Crippen molar-refractivity contribution >= 4 is 28.8 Å². The van der Waals surface area contributed by atoms with E-state index >= 15 is 0 Å². The second kappa shape index (κ2) is 5.43. The van der Waals surface area contributed by atoms with Crippen molar-refractivity contribution < 1.29 is 9.53 Å². The van der Waals surface area contributed by atoms with E-state index in [1.165, 1.54) is 7.11 Å². The maximum Gasteiger partial charge on any atom is 0.250 e. The number of anilines is 1. The van der Waals surface area contributed by atoms with Crippen molar-refractivity contribution in [3.05, 3.63) is 29.8 Å². The van der Waals surface area contributed by atoms with E-state index < -0.39 is 0 Å². The van der Waals surface area contributed by atoms with Gasteiger partial charge in [0, 0.05) is 18.4 Å². The van der Waals surface area contributed by atoms with Crippen molar-refractivity contribution in [3.8, 4) is 0 Å². The molecule has 0 bridgehead atoms. The fraction of sp³-hybridized carbons (Fsp3) is 0.200. The summed E-state index contributed by atoms with van der Waals surface area (Å²) in [5.74, 6) is -0.194. The van der Waals surface area contributed by atoms with Crippen LogP contribution >= 0.6 is 12.2 Å². The van der Waals surface area contributed by atoms with Gasteiger partial charge in [0.2, 0.25) is 5.91 Å². The molecular formula is C10H12N2O2S. The highest BCUT2D eigenvalue weighted by Crippen LogP contribution is 2.09. The van der Waals surface area contributed by atoms with Gasteiger partial charge in [-0.3, -0.25) is 4.79 Å². The Morgan fingerprint density at radius 3 is 2.53 bits per heavy atom. The van der Waals surface area contributed by atoms with Gasteiger partial charge in [0.1, 0.15) is 11.6 Å². The molecule has 3 N–H and O–H groups in total. The lowest BCUT2D eigenvalue weighted by molar-refractivity contribution is -0.119. The van der Waals surface area contributed by atoms with Crippen molar-refractivity contribution in [3.63, 3.8) is 0 Å². The second-order valence-electron chi connectivity index (χ2n) is 2.92. The Bertz CT molecular complexity index is 362. The van der Waals surface area contributed by atoms with Gasteiger partial charge >= 0.3 is 0 Å². The molecule has 0 heterocycles. The van der Waals surface area contributed by atoms with E-state index in [4.69, 9.17) is 18.0 Å². The van der Waals surface area contributed by atoms with Crippen molar-refractivity contribution in [2.75, 3.05) is 19.0 Å². The topological polar surface area (TPSA) is 64.3 Å². The van der Waals surface area contributed by atoms with E-state index in [0.29, 0.717) is 10.7 Å². The van der Waals surface area contributed by atoms with Gasteiger partial charge in [0.25, 0.3) is 0 Å². The molecule has 1 rings (SSSR count). The number of hydrogen-bond donors (Lipinski definition) is 2. The Morgan fingerprint density at radius 2 is 2.07 bits per heavy atom. The summed E-state index contributed by atoms with van der Waals surface area (Å²) in [6.07, 6.45) is 0. The summed E-state index contributed by atoms with van der Waals surface area (Å²) >= 11 is 4.81. The van der Waals surface area contributed by atoms with Crippen molar-refractivity contribution in [2.45, 2.75) is 0 Å². The van der Waals surface area contributed by atoms with Crippen LogP contribution in [0.5, 0.6) is 0 Å².